The Labute approximate surface area is 211 Å². The van der Waals surface area contributed by atoms with Crippen LogP contribution in [0.5, 0.6) is 0 Å². The lowest BCUT2D eigenvalue weighted by Crippen LogP contribution is -2.59. The van der Waals surface area contributed by atoms with E-state index in [9.17, 15) is 19.5 Å². The van der Waals surface area contributed by atoms with Crippen molar-refractivity contribution in [3.05, 3.63) is 60.2 Å². The Balaban J connectivity index is 1.98. The number of nitrogens with zero attached hydrogens (tertiary/aromatic N) is 1. The molecule has 1 amide bonds. The maximum Gasteiger partial charge on any atom is 0.323 e. The average Bonchev–Trinajstić information content (AvgIpc) is 2.92. The number of carbonyl (C=O) groups excluding carboxylic acids is 2. The maximum absolute atomic E-state index is 13.9. The predicted molar refractivity (Wildman–Crippen MR) is 138 cm³/mol. The van der Waals surface area contributed by atoms with E-state index >= 15 is 0 Å². The predicted octanol–water partition coefficient (Wildman–Crippen LogP) is 4.15. The first-order valence-corrected chi connectivity index (χ1v) is 12.7. The van der Waals surface area contributed by atoms with Gasteiger partial charge in [0, 0.05) is 10.1 Å². The lowest BCUT2D eigenvalue weighted by Gasteiger charge is -2.37. The van der Waals surface area contributed by atoms with Crippen LogP contribution in [0.15, 0.2) is 59.5 Å². The van der Waals surface area contributed by atoms with Gasteiger partial charge in [-0.1, -0.05) is 63.2 Å². The molecule has 1 heterocycles. The van der Waals surface area contributed by atoms with Gasteiger partial charge in [0.2, 0.25) is 5.91 Å². The van der Waals surface area contributed by atoms with Crippen molar-refractivity contribution in [1.82, 2.24) is 5.32 Å². The van der Waals surface area contributed by atoms with Crippen LogP contribution in [0.25, 0.3) is 0 Å². The molecule has 2 aromatic carbocycles. The van der Waals surface area contributed by atoms with Crippen molar-refractivity contribution in [3.8, 4) is 0 Å². The number of hydrogen-bond acceptors (Lipinski definition) is 6. The molecule has 35 heavy (non-hydrogen) atoms. The number of carboxylic acid groups (broad SMARTS) is 1. The zero-order valence-corrected chi connectivity index (χ0v) is 21.5. The highest BCUT2D eigenvalue weighted by molar-refractivity contribution is 8.00. The number of fused-ring (bicyclic) bond motifs is 1. The summed E-state index contributed by atoms with van der Waals surface area (Å²) in [6.45, 7) is 7.67. The number of aryl methyl sites for hydroxylation is 1. The van der Waals surface area contributed by atoms with Gasteiger partial charge in [-0.15, -0.1) is 11.8 Å². The summed E-state index contributed by atoms with van der Waals surface area (Å²) in [5.74, 6) is -1.88. The van der Waals surface area contributed by atoms with E-state index in [2.05, 4.69) is 5.32 Å². The van der Waals surface area contributed by atoms with E-state index in [1.54, 1.807) is 19.1 Å². The number of amides is 1. The zero-order valence-electron chi connectivity index (χ0n) is 20.7. The van der Waals surface area contributed by atoms with Crippen LogP contribution in [0.4, 0.5) is 5.69 Å². The number of anilines is 1. The van der Waals surface area contributed by atoms with Crippen LogP contribution in [0, 0.1) is 5.41 Å². The molecule has 0 spiro atoms. The smallest absolute Gasteiger partial charge is 0.323 e. The number of benzene rings is 2. The van der Waals surface area contributed by atoms with Crippen molar-refractivity contribution in [2.45, 2.75) is 62.8 Å². The Morgan fingerprint density at radius 1 is 1.11 bits per heavy atom. The number of aliphatic carboxylic acids is 1. The number of nitrogens with one attached hydrogen (secondary N) is 1. The van der Waals surface area contributed by atoms with Gasteiger partial charge in [-0.25, -0.2) is 0 Å². The molecule has 2 N–H and O–H groups in total. The summed E-state index contributed by atoms with van der Waals surface area (Å²) in [6.07, 6.45) is 1.07. The van der Waals surface area contributed by atoms with Crippen LogP contribution in [0.3, 0.4) is 0 Å². The maximum atomic E-state index is 13.9. The fourth-order valence-corrected chi connectivity index (χ4v) is 5.63. The van der Waals surface area contributed by atoms with E-state index in [0.29, 0.717) is 18.5 Å². The molecule has 1 aliphatic heterocycles. The van der Waals surface area contributed by atoms with E-state index in [1.165, 1.54) is 16.7 Å². The summed E-state index contributed by atoms with van der Waals surface area (Å²) in [5, 5.41) is 12.6. The van der Waals surface area contributed by atoms with Gasteiger partial charge in [0.1, 0.15) is 18.6 Å². The van der Waals surface area contributed by atoms with E-state index in [-0.39, 0.29) is 23.2 Å². The highest BCUT2D eigenvalue weighted by Crippen LogP contribution is 2.44. The minimum absolute atomic E-state index is 0.231. The fraction of sp³-hybridized carbons (Fsp3) is 0.444. The zero-order chi connectivity index (χ0) is 25.6. The lowest BCUT2D eigenvalue weighted by molar-refractivity contribution is -0.146. The van der Waals surface area contributed by atoms with Gasteiger partial charge in [0.05, 0.1) is 12.3 Å². The fourth-order valence-electron chi connectivity index (χ4n) is 4.22. The third-order valence-electron chi connectivity index (χ3n) is 5.91. The van der Waals surface area contributed by atoms with Crippen LogP contribution in [-0.2, 0) is 25.5 Å². The molecule has 7 nitrogen and oxygen atoms in total. The summed E-state index contributed by atoms with van der Waals surface area (Å²) in [7, 11) is 0. The first kappa shape index (κ1) is 26.8. The van der Waals surface area contributed by atoms with Crippen molar-refractivity contribution < 1.29 is 24.2 Å². The molecule has 0 saturated carbocycles. The van der Waals surface area contributed by atoms with Crippen LogP contribution in [-0.4, -0.2) is 53.4 Å². The summed E-state index contributed by atoms with van der Waals surface area (Å²) >= 11 is 1.54. The average molecular weight is 499 g/mol. The highest BCUT2D eigenvalue weighted by Gasteiger charge is 2.45. The number of ether oxygens (including phenoxy) is 1. The third kappa shape index (κ3) is 6.86. The normalized spacial score (nSPS) is 19.0. The molecule has 0 fully saturated rings. The van der Waals surface area contributed by atoms with Gasteiger partial charge in [-0.2, -0.15) is 0 Å². The van der Waals surface area contributed by atoms with Crippen LogP contribution >= 0.6 is 11.8 Å². The Kier molecular flexibility index (Phi) is 8.97. The lowest BCUT2D eigenvalue weighted by atomic mass is 9.86. The molecular weight excluding hydrogens is 464 g/mol. The minimum atomic E-state index is -1.10. The van der Waals surface area contributed by atoms with E-state index in [4.69, 9.17) is 4.74 Å². The number of para-hydroxylation sites is 1. The van der Waals surface area contributed by atoms with E-state index in [1.807, 2.05) is 63.2 Å². The second kappa shape index (κ2) is 11.7. The van der Waals surface area contributed by atoms with E-state index < -0.39 is 30.6 Å². The SMILES string of the molecule is CCOC(=O)[C@@H](CCc1ccccc1)N[C@@H]1C(=O)N(CC(=O)O)c2ccccc2SC1C(C)(C)C. The standard InChI is InChI=1S/C27H34N2O5S/c1-5-34-26(33)19(16-15-18-11-7-6-8-12-18)28-23-24(27(2,3)4)35-21-14-10-9-13-20(21)29(25(23)32)17-22(30)31/h6-14,19,23-24,28H,5,15-17H2,1-4H3,(H,30,31)/t19-,23+,24?/m1/s1. The summed E-state index contributed by atoms with van der Waals surface area (Å²) in [5.41, 5.74) is 1.32. The Morgan fingerprint density at radius 2 is 1.77 bits per heavy atom. The number of rotatable bonds is 9. The monoisotopic (exact) mass is 498 g/mol. The Morgan fingerprint density at radius 3 is 2.40 bits per heavy atom. The third-order valence-corrected chi connectivity index (χ3v) is 7.74. The van der Waals surface area contributed by atoms with Gasteiger partial charge in [-0.05, 0) is 42.9 Å². The van der Waals surface area contributed by atoms with Crippen LogP contribution < -0.4 is 10.2 Å². The molecular formula is C27H34N2O5S. The van der Waals surface area contributed by atoms with Gasteiger partial charge in [0.25, 0.3) is 0 Å². The Bertz CT molecular complexity index is 1040. The summed E-state index contributed by atoms with van der Waals surface area (Å²) in [4.78, 5) is 40.7. The second-order valence-corrected chi connectivity index (χ2v) is 10.8. The first-order chi connectivity index (χ1) is 16.6. The van der Waals surface area contributed by atoms with Crippen molar-refractivity contribution >= 4 is 35.3 Å². The molecule has 0 saturated heterocycles. The van der Waals surface area contributed by atoms with Gasteiger partial charge < -0.3 is 9.84 Å². The van der Waals surface area contributed by atoms with Crippen molar-refractivity contribution in [2.24, 2.45) is 5.41 Å². The molecule has 3 atom stereocenters. The van der Waals surface area contributed by atoms with E-state index in [0.717, 1.165) is 10.5 Å². The topological polar surface area (TPSA) is 95.9 Å². The molecule has 1 aliphatic rings. The second-order valence-electron chi connectivity index (χ2n) is 9.66. The van der Waals surface area contributed by atoms with Gasteiger partial charge in [0.15, 0.2) is 0 Å². The molecule has 8 heteroatoms. The number of carboxylic acids is 1. The number of hydrogen-bond donors (Lipinski definition) is 2. The summed E-state index contributed by atoms with van der Waals surface area (Å²) < 4.78 is 5.35. The molecule has 3 rings (SSSR count). The van der Waals surface area contributed by atoms with Crippen molar-refractivity contribution in [2.75, 3.05) is 18.1 Å². The molecule has 2 aromatic rings. The van der Waals surface area contributed by atoms with Gasteiger partial charge >= 0.3 is 11.9 Å². The first-order valence-electron chi connectivity index (χ1n) is 11.9. The molecule has 0 aliphatic carbocycles. The molecule has 1 unspecified atom stereocenters. The van der Waals surface area contributed by atoms with Gasteiger partial charge in [-0.3, -0.25) is 24.6 Å². The quantitative estimate of drug-likeness (QED) is 0.502. The molecule has 0 aromatic heterocycles. The number of carbonyl (C=O) groups is 3. The highest BCUT2D eigenvalue weighted by atomic mass is 32.2. The molecule has 188 valence electrons. The summed E-state index contributed by atoms with van der Waals surface area (Å²) in [6, 6.07) is 15.7. The largest absolute Gasteiger partial charge is 0.480 e. The Hall–Kier alpha value is -2.84. The molecule has 0 radical (unpaired) electrons. The van der Waals surface area contributed by atoms with Crippen LogP contribution in [0.1, 0.15) is 39.7 Å². The molecule has 0 bridgehead atoms. The van der Waals surface area contributed by atoms with Crippen LogP contribution in [0.2, 0.25) is 0 Å². The van der Waals surface area contributed by atoms with Crippen molar-refractivity contribution in [1.29, 1.82) is 0 Å². The number of thioether (sulfide) groups is 1. The minimum Gasteiger partial charge on any atom is -0.480 e. The number of esters is 1. The van der Waals surface area contributed by atoms with Crippen molar-refractivity contribution in [3.63, 3.8) is 0 Å².